The van der Waals surface area contributed by atoms with Crippen molar-refractivity contribution < 1.29 is 18.5 Å². The Morgan fingerprint density at radius 3 is 2.60 bits per heavy atom. The van der Waals surface area contributed by atoms with Crippen molar-refractivity contribution in [2.75, 3.05) is 11.9 Å². The average molecular weight is 370 g/mol. The van der Waals surface area contributed by atoms with E-state index in [9.17, 15) is 23.7 Å². The summed E-state index contributed by atoms with van der Waals surface area (Å²) in [5.41, 5.74) is 0.150. The third kappa shape index (κ3) is 4.94. The van der Waals surface area contributed by atoms with Crippen molar-refractivity contribution >= 4 is 28.9 Å². The maximum absolute atomic E-state index is 13.2. The molecule has 9 heteroatoms. The third-order valence-electron chi connectivity index (χ3n) is 3.44. The lowest BCUT2D eigenvalue weighted by molar-refractivity contribution is -0.383. The van der Waals surface area contributed by atoms with Crippen LogP contribution in [0.25, 0.3) is 0 Å². The molecule has 0 radical (unpaired) electrons. The molecule has 0 aromatic heterocycles. The van der Waals surface area contributed by atoms with Gasteiger partial charge in [-0.05, 0) is 36.8 Å². The van der Waals surface area contributed by atoms with Crippen molar-refractivity contribution in [2.24, 2.45) is 0 Å². The van der Waals surface area contributed by atoms with Crippen LogP contribution in [0.1, 0.15) is 18.5 Å². The van der Waals surface area contributed by atoms with Gasteiger partial charge in [0.15, 0.2) is 11.6 Å². The predicted octanol–water partition coefficient (Wildman–Crippen LogP) is 3.82. The molecular formula is C16H14ClF2N3O3. The smallest absolute Gasteiger partial charge is 0.292 e. The first-order valence-electron chi connectivity index (χ1n) is 7.20. The molecule has 0 aliphatic carbocycles. The van der Waals surface area contributed by atoms with Crippen LogP contribution >= 0.6 is 11.6 Å². The molecule has 0 heterocycles. The fraction of sp³-hybridized carbons (Fsp3) is 0.188. The maximum atomic E-state index is 13.2. The zero-order valence-corrected chi connectivity index (χ0v) is 13.8. The summed E-state index contributed by atoms with van der Waals surface area (Å²) in [7, 11) is 0. The molecule has 0 bridgehead atoms. The number of nitrogens with one attached hydrogen (secondary N) is 2. The molecule has 1 amide bonds. The number of nitrogens with zero attached hydrogens (tertiary/aromatic N) is 1. The molecule has 0 aliphatic heterocycles. The summed E-state index contributed by atoms with van der Waals surface area (Å²) >= 11 is 5.78. The third-order valence-corrected chi connectivity index (χ3v) is 3.68. The Morgan fingerprint density at radius 1 is 1.24 bits per heavy atom. The van der Waals surface area contributed by atoms with Gasteiger partial charge in [-0.15, -0.1) is 0 Å². The molecule has 0 saturated carbocycles. The van der Waals surface area contributed by atoms with E-state index in [1.807, 2.05) is 0 Å². The van der Waals surface area contributed by atoms with Gasteiger partial charge in [0.1, 0.15) is 5.69 Å². The molecule has 0 fully saturated rings. The Morgan fingerprint density at radius 2 is 1.96 bits per heavy atom. The van der Waals surface area contributed by atoms with Gasteiger partial charge >= 0.3 is 0 Å². The zero-order chi connectivity index (χ0) is 18.6. The summed E-state index contributed by atoms with van der Waals surface area (Å²) in [6.07, 6.45) is 0. The van der Waals surface area contributed by atoms with Crippen LogP contribution in [0.4, 0.5) is 20.2 Å². The number of hydrogen-bond acceptors (Lipinski definition) is 4. The minimum Gasteiger partial charge on any atom is -0.319 e. The van der Waals surface area contributed by atoms with Gasteiger partial charge in [0.2, 0.25) is 5.91 Å². The molecule has 25 heavy (non-hydrogen) atoms. The number of anilines is 1. The Balaban J connectivity index is 2.00. The van der Waals surface area contributed by atoms with Crippen molar-refractivity contribution in [3.63, 3.8) is 0 Å². The summed E-state index contributed by atoms with van der Waals surface area (Å²) in [5, 5.41) is 16.4. The van der Waals surface area contributed by atoms with Crippen molar-refractivity contribution in [1.29, 1.82) is 0 Å². The molecule has 0 saturated heterocycles. The number of nitro groups is 1. The van der Waals surface area contributed by atoms with Crippen LogP contribution in [0.2, 0.25) is 5.02 Å². The second-order valence-corrected chi connectivity index (χ2v) is 5.68. The lowest BCUT2D eigenvalue weighted by atomic mass is 10.1. The standard InChI is InChI=1S/C16H14ClF2N3O3/c1-9(10-2-4-12(18)13(19)6-10)20-8-16(23)21-14-7-11(17)3-5-15(14)22(24)25/h2-7,9,20H,8H2,1H3,(H,21,23)/t9-/m0/s1. The highest BCUT2D eigenvalue weighted by Crippen LogP contribution is 2.27. The van der Waals surface area contributed by atoms with Crippen molar-refractivity contribution in [3.05, 3.63) is 68.7 Å². The summed E-state index contributed by atoms with van der Waals surface area (Å²) in [6.45, 7) is 1.48. The Bertz CT molecular complexity index is 817. The Labute approximate surface area is 146 Å². The van der Waals surface area contributed by atoms with Gasteiger partial charge in [0, 0.05) is 17.1 Å². The molecule has 0 spiro atoms. The number of carbonyl (C=O) groups is 1. The molecule has 0 unspecified atom stereocenters. The topological polar surface area (TPSA) is 84.3 Å². The number of rotatable bonds is 6. The minimum atomic E-state index is -0.981. The van der Waals surface area contributed by atoms with E-state index in [1.165, 1.54) is 24.3 Å². The molecule has 2 N–H and O–H groups in total. The first-order chi connectivity index (χ1) is 11.8. The van der Waals surface area contributed by atoms with Gasteiger partial charge in [-0.2, -0.15) is 0 Å². The lowest BCUT2D eigenvalue weighted by Crippen LogP contribution is -2.30. The molecule has 2 rings (SSSR count). The highest BCUT2D eigenvalue weighted by molar-refractivity contribution is 6.31. The normalized spacial score (nSPS) is 11.8. The maximum Gasteiger partial charge on any atom is 0.292 e. The van der Waals surface area contributed by atoms with Crippen LogP contribution in [-0.2, 0) is 4.79 Å². The second-order valence-electron chi connectivity index (χ2n) is 5.24. The summed E-state index contributed by atoms with van der Waals surface area (Å²) < 4.78 is 26.2. The minimum absolute atomic E-state index is 0.0234. The second kappa shape index (κ2) is 8.00. The molecule has 0 aliphatic rings. The number of halogens is 3. The largest absolute Gasteiger partial charge is 0.319 e. The predicted molar refractivity (Wildman–Crippen MR) is 89.5 cm³/mol. The van der Waals surface area contributed by atoms with Gasteiger partial charge in [0.05, 0.1) is 11.5 Å². The van der Waals surface area contributed by atoms with Crippen LogP contribution in [0.15, 0.2) is 36.4 Å². The van der Waals surface area contributed by atoms with Gasteiger partial charge < -0.3 is 10.6 Å². The van der Waals surface area contributed by atoms with Crippen molar-refractivity contribution in [1.82, 2.24) is 5.32 Å². The first-order valence-corrected chi connectivity index (χ1v) is 7.58. The first kappa shape index (κ1) is 18.8. The van der Waals surface area contributed by atoms with Crippen molar-refractivity contribution in [2.45, 2.75) is 13.0 Å². The quantitative estimate of drug-likeness (QED) is 0.599. The van der Waals surface area contributed by atoms with Gasteiger partial charge in [-0.25, -0.2) is 8.78 Å². The number of benzene rings is 2. The molecular weight excluding hydrogens is 356 g/mol. The number of amides is 1. The van der Waals surface area contributed by atoms with Gasteiger partial charge in [-0.3, -0.25) is 14.9 Å². The van der Waals surface area contributed by atoms with Crippen LogP contribution in [0.5, 0.6) is 0 Å². The molecule has 2 aromatic rings. The molecule has 6 nitrogen and oxygen atoms in total. The molecule has 1 atom stereocenters. The van der Waals surface area contributed by atoms with E-state index in [0.717, 1.165) is 12.1 Å². The van der Waals surface area contributed by atoms with Crippen LogP contribution in [0.3, 0.4) is 0 Å². The Kier molecular flexibility index (Phi) is 6.00. The fourth-order valence-electron chi connectivity index (χ4n) is 2.11. The summed E-state index contributed by atoms with van der Waals surface area (Å²) in [5.74, 6) is -2.48. The molecule has 2 aromatic carbocycles. The SMILES string of the molecule is C[C@H](NCC(=O)Nc1cc(Cl)ccc1[N+](=O)[O-])c1ccc(F)c(F)c1. The summed E-state index contributed by atoms with van der Waals surface area (Å²) in [6, 6.07) is 6.81. The van der Waals surface area contributed by atoms with Crippen LogP contribution in [-0.4, -0.2) is 17.4 Å². The highest BCUT2D eigenvalue weighted by atomic mass is 35.5. The number of nitro benzene ring substituents is 1. The Hall–Kier alpha value is -2.58. The number of hydrogen-bond donors (Lipinski definition) is 2. The van der Waals surface area contributed by atoms with Crippen molar-refractivity contribution in [3.8, 4) is 0 Å². The van der Waals surface area contributed by atoms with E-state index < -0.39 is 28.5 Å². The van der Waals surface area contributed by atoms with Crippen LogP contribution < -0.4 is 10.6 Å². The highest BCUT2D eigenvalue weighted by Gasteiger charge is 2.17. The van der Waals surface area contributed by atoms with E-state index in [1.54, 1.807) is 6.92 Å². The van der Waals surface area contributed by atoms with E-state index in [-0.39, 0.29) is 22.9 Å². The lowest BCUT2D eigenvalue weighted by Gasteiger charge is -2.14. The van der Waals surface area contributed by atoms with E-state index in [4.69, 9.17) is 11.6 Å². The van der Waals surface area contributed by atoms with E-state index in [0.29, 0.717) is 5.56 Å². The molecule has 132 valence electrons. The fourth-order valence-corrected chi connectivity index (χ4v) is 2.28. The number of carbonyl (C=O) groups excluding carboxylic acids is 1. The summed E-state index contributed by atoms with van der Waals surface area (Å²) in [4.78, 5) is 22.3. The van der Waals surface area contributed by atoms with E-state index in [2.05, 4.69) is 10.6 Å². The van der Waals surface area contributed by atoms with Gasteiger partial charge in [-0.1, -0.05) is 17.7 Å². The van der Waals surface area contributed by atoms with Crippen LogP contribution in [0, 0.1) is 21.7 Å². The van der Waals surface area contributed by atoms with Gasteiger partial charge in [0.25, 0.3) is 5.69 Å². The monoisotopic (exact) mass is 369 g/mol. The average Bonchev–Trinajstić information content (AvgIpc) is 2.55. The van der Waals surface area contributed by atoms with E-state index >= 15 is 0 Å². The zero-order valence-electron chi connectivity index (χ0n) is 13.1.